The highest BCUT2D eigenvalue weighted by Crippen LogP contribution is 2.54. The highest BCUT2D eigenvalue weighted by Gasteiger charge is 2.40. The SMILES string of the molecule is C=C(C)O.CC.CC.CC.CCC1=C(C)CC2(CC(C)=C(C)C2)C1. The van der Waals surface area contributed by atoms with Gasteiger partial charge in [0.25, 0.3) is 0 Å². The first-order chi connectivity index (χ1) is 11.3. The summed E-state index contributed by atoms with van der Waals surface area (Å²) in [6, 6.07) is 0. The van der Waals surface area contributed by atoms with Gasteiger partial charge in [-0.15, -0.1) is 0 Å². The lowest BCUT2D eigenvalue weighted by atomic mass is 9.80. The van der Waals surface area contributed by atoms with E-state index in [1.807, 2.05) is 41.5 Å². The Kier molecular flexibility index (Phi) is 18.0. The molecule has 0 unspecified atom stereocenters. The van der Waals surface area contributed by atoms with Crippen molar-refractivity contribution in [2.75, 3.05) is 0 Å². The molecule has 0 heterocycles. The minimum atomic E-state index is 0.167. The van der Waals surface area contributed by atoms with Gasteiger partial charge in [0.05, 0.1) is 5.76 Å². The molecule has 0 radical (unpaired) electrons. The summed E-state index contributed by atoms with van der Waals surface area (Å²) in [7, 11) is 0. The molecule has 0 atom stereocenters. The predicted octanol–water partition coefficient (Wildman–Crippen LogP) is 8.78. The maximum atomic E-state index is 7.86. The van der Waals surface area contributed by atoms with Gasteiger partial charge in [-0.25, -0.2) is 0 Å². The van der Waals surface area contributed by atoms with Crippen molar-refractivity contribution in [3.8, 4) is 0 Å². The van der Waals surface area contributed by atoms with Gasteiger partial charge in [0.2, 0.25) is 0 Å². The molecule has 1 heteroatoms. The van der Waals surface area contributed by atoms with Crippen LogP contribution in [0.3, 0.4) is 0 Å². The Balaban J connectivity index is -0.000000375. The smallest absolute Gasteiger partial charge is 0.0820 e. The Morgan fingerprint density at radius 1 is 0.833 bits per heavy atom. The van der Waals surface area contributed by atoms with Gasteiger partial charge in [-0.2, -0.15) is 0 Å². The molecule has 2 rings (SSSR count). The van der Waals surface area contributed by atoms with Crippen LogP contribution in [0.4, 0.5) is 0 Å². The molecule has 0 fully saturated rings. The topological polar surface area (TPSA) is 20.2 Å². The van der Waals surface area contributed by atoms with Crippen LogP contribution < -0.4 is 0 Å². The third-order valence-corrected chi connectivity index (χ3v) is 4.27. The van der Waals surface area contributed by atoms with Gasteiger partial charge >= 0.3 is 0 Å². The molecule has 0 bridgehead atoms. The molecular formula is C23H46O. The Hall–Kier alpha value is -0.980. The summed E-state index contributed by atoms with van der Waals surface area (Å²) in [5.74, 6) is 0.167. The van der Waals surface area contributed by atoms with Crippen molar-refractivity contribution in [2.45, 2.75) is 108 Å². The van der Waals surface area contributed by atoms with E-state index in [9.17, 15) is 0 Å². The van der Waals surface area contributed by atoms with Crippen LogP contribution in [0.2, 0.25) is 0 Å². The molecule has 0 saturated heterocycles. The van der Waals surface area contributed by atoms with E-state index in [1.165, 1.54) is 39.0 Å². The molecule has 0 saturated carbocycles. The summed E-state index contributed by atoms with van der Waals surface area (Å²) in [5.41, 5.74) is 7.39. The zero-order valence-corrected chi connectivity index (χ0v) is 18.7. The lowest BCUT2D eigenvalue weighted by molar-refractivity contribution is 0.320. The van der Waals surface area contributed by atoms with Crippen molar-refractivity contribution in [3.05, 3.63) is 34.6 Å². The summed E-state index contributed by atoms with van der Waals surface area (Å²) in [4.78, 5) is 0. The van der Waals surface area contributed by atoms with Crippen molar-refractivity contribution in [2.24, 2.45) is 5.41 Å². The van der Waals surface area contributed by atoms with E-state index in [0.29, 0.717) is 5.41 Å². The summed E-state index contributed by atoms with van der Waals surface area (Å²) in [5, 5.41) is 7.86. The van der Waals surface area contributed by atoms with Crippen LogP contribution in [0.15, 0.2) is 34.6 Å². The first-order valence-corrected chi connectivity index (χ1v) is 9.97. The minimum absolute atomic E-state index is 0.167. The van der Waals surface area contributed by atoms with Crippen molar-refractivity contribution < 1.29 is 5.11 Å². The second kappa shape index (κ2) is 15.5. The van der Waals surface area contributed by atoms with Crippen LogP contribution >= 0.6 is 0 Å². The molecule has 2 aliphatic carbocycles. The quantitative estimate of drug-likeness (QED) is 0.374. The van der Waals surface area contributed by atoms with Crippen LogP contribution in [0.1, 0.15) is 108 Å². The minimum Gasteiger partial charge on any atom is -0.513 e. The molecule has 1 spiro atoms. The standard InChI is InChI=1S/C14H22.C3H6O.3C2H6/c1-5-13-9-14(8-12(13)4)6-10(2)11(3)7-14;1-3(2)4;3*1-2/h5-9H2,1-4H3;4H,1H2,2H3;3*1-2H3. The molecular weight excluding hydrogens is 292 g/mol. The Bertz CT molecular complexity index is 378. The van der Waals surface area contributed by atoms with Crippen molar-refractivity contribution in [1.29, 1.82) is 0 Å². The third kappa shape index (κ3) is 10.0. The van der Waals surface area contributed by atoms with Crippen molar-refractivity contribution in [1.82, 2.24) is 0 Å². The molecule has 1 nitrogen and oxygen atoms in total. The Morgan fingerprint density at radius 3 is 1.38 bits per heavy atom. The highest BCUT2D eigenvalue weighted by molar-refractivity contribution is 5.31. The summed E-state index contributed by atoms with van der Waals surface area (Å²) in [6.45, 7) is 25.9. The number of rotatable bonds is 1. The van der Waals surface area contributed by atoms with Crippen LogP contribution in [-0.2, 0) is 0 Å². The van der Waals surface area contributed by atoms with Crippen LogP contribution in [0, 0.1) is 5.41 Å². The monoisotopic (exact) mass is 338 g/mol. The molecule has 24 heavy (non-hydrogen) atoms. The van der Waals surface area contributed by atoms with Gasteiger partial charge in [0, 0.05) is 0 Å². The summed E-state index contributed by atoms with van der Waals surface area (Å²) < 4.78 is 0. The van der Waals surface area contributed by atoms with Crippen LogP contribution in [0.5, 0.6) is 0 Å². The van der Waals surface area contributed by atoms with Gasteiger partial charge < -0.3 is 5.11 Å². The Labute approximate surface area is 154 Å². The fraction of sp³-hybridized carbons (Fsp3) is 0.739. The van der Waals surface area contributed by atoms with E-state index in [2.05, 4.69) is 34.3 Å². The molecule has 2 aliphatic rings. The first kappa shape index (κ1) is 27.8. The zero-order valence-electron chi connectivity index (χ0n) is 18.7. The van der Waals surface area contributed by atoms with Crippen LogP contribution in [-0.4, -0.2) is 5.11 Å². The van der Waals surface area contributed by atoms with Gasteiger partial charge in [0.15, 0.2) is 0 Å². The Morgan fingerprint density at radius 2 is 1.12 bits per heavy atom. The highest BCUT2D eigenvalue weighted by atomic mass is 16.3. The molecule has 0 amide bonds. The van der Waals surface area contributed by atoms with E-state index < -0.39 is 0 Å². The molecule has 0 aliphatic heterocycles. The zero-order chi connectivity index (χ0) is 19.9. The van der Waals surface area contributed by atoms with E-state index in [0.717, 1.165) is 0 Å². The van der Waals surface area contributed by atoms with Crippen LogP contribution in [0.25, 0.3) is 0 Å². The van der Waals surface area contributed by atoms with Gasteiger partial charge in [-0.3, -0.25) is 0 Å². The number of allylic oxidation sites excluding steroid dienone is 5. The second-order valence-electron chi connectivity index (χ2n) is 6.24. The number of aliphatic hydroxyl groups is 1. The van der Waals surface area contributed by atoms with Crippen molar-refractivity contribution in [3.63, 3.8) is 0 Å². The molecule has 0 aromatic carbocycles. The largest absolute Gasteiger partial charge is 0.513 e. The van der Waals surface area contributed by atoms with E-state index >= 15 is 0 Å². The first-order valence-electron chi connectivity index (χ1n) is 9.97. The molecule has 1 N–H and O–H groups in total. The van der Waals surface area contributed by atoms with E-state index in [4.69, 9.17) is 5.11 Å². The van der Waals surface area contributed by atoms with Crippen molar-refractivity contribution >= 4 is 0 Å². The fourth-order valence-corrected chi connectivity index (χ4v) is 3.52. The summed E-state index contributed by atoms with van der Waals surface area (Å²) >= 11 is 0. The van der Waals surface area contributed by atoms with Gasteiger partial charge in [-0.1, -0.05) is 77.3 Å². The fourth-order valence-electron chi connectivity index (χ4n) is 3.52. The number of hydrogen-bond donors (Lipinski definition) is 1. The average Bonchev–Trinajstić information content (AvgIpc) is 3.02. The lowest BCUT2D eigenvalue weighted by Crippen LogP contribution is -2.13. The molecule has 144 valence electrons. The predicted molar refractivity (Wildman–Crippen MR) is 114 cm³/mol. The van der Waals surface area contributed by atoms with Gasteiger partial charge in [0.1, 0.15) is 0 Å². The summed E-state index contributed by atoms with van der Waals surface area (Å²) in [6.07, 6.45) is 6.74. The maximum absolute atomic E-state index is 7.86. The lowest BCUT2D eigenvalue weighted by Gasteiger charge is -2.24. The van der Waals surface area contributed by atoms with Gasteiger partial charge in [-0.05, 0) is 65.2 Å². The van der Waals surface area contributed by atoms with E-state index in [1.54, 1.807) is 22.3 Å². The molecule has 0 aromatic heterocycles. The van der Waals surface area contributed by atoms with E-state index in [-0.39, 0.29) is 5.76 Å². The molecule has 0 aromatic rings. The normalized spacial score (nSPS) is 16.8. The number of hydrogen-bond acceptors (Lipinski definition) is 1. The average molecular weight is 339 g/mol. The number of aliphatic hydroxyl groups excluding tert-OH is 1. The second-order valence-corrected chi connectivity index (χ2v) is 6.24. The third-order valence-electron chi connectivity index (χ3n) is 4.27. The maximum Gasteiger partial charge on any atom is 0.0820 e.